The number of amides is 1. The number of sulfonamides is 1. The fraction of sp³-hybridized carbons (Fsp3) is 0.200. The van der Waals surface area contributed by atoms with Crippen molar-refractivity contribution in [3.8, 4) is 5.75 Å². The third-order valence-corrected chi connectivity index (χ3v) is 10.5. The molecule has 0 atom stereocenters. The quantitative estimate of drug-likeness (QED) is 0.137. The average Bonchev–Trinajstić information content (AvgIpc) is 3.07. The molecule has 0 bridgehead atoms. The van der Waals surface area contributed by atoms with Crippen LogP contribution in [0.4, 0.5) is 10.1 Å². The number of carbonyl (C=O) groups excluding carboxylic acids is 1. The molecule has 5 rings (SSSR count). The smallest absolute Gasteiger partial charge is 0.339 e. The number of aryl methyl sites for hydroxylation is 3. The lowest BCUT2D eigenvalue weighted by Crippen LogP contribution is -2.41. The van der Waals surface area contributed by atoms with Crippen molar-refractivity contribution in [1.29, 1.82) is 0 Å². The minimum atomic E-state index is -4.10. The van der Waals surface area contributed by atoms with Crippen molar-refractivity contribution in [2.75, 3.05) is 18.5 Å². The van der Waals surface area contributed by atoms with Gasteiger partial charge in [0.15, 0.2) is 0 Å². The van der Waals surface area contributed by atoms with Gasteiger partial charge in [0.1, 0.15) is 23.7 Å². The van der Waals surface area contributed by atoms with Gasteiger partial charge in [-0.15, -0.1) is 0 Å². The van der Waals surface area contributed by atoms with E-state index in [0.29, 0.717) is 27.9 Å². The molecule has 0 radical (unpaired) electrons. The fourth-order valence-corrected chi connectivity index (χ4v) is 7.60. The van der Waals surface area contributed by atoms with E-state index in [4.69, 9.17) is 4.74 Å². The van der Waals surface area contributed by atoms with E-state index in [2.05, 4.69) is 0 Å². The standard InChI is InChI=1S/C40H39FN2O6S/c1-27-21-28(2)39(29(3)22-27)50(47,48)42(4)25-37(44)43(24-31-15-17-33(41)18-16-31)36-20-19-34(40(45)46)38(49-26-32-13-9-6-10-14-32)35(36)23-30-11-7-5-8-12-30/h5-22H,23-26H2,1-4H3,(H,45,46). The first-order valence-corrected chi connectivity index (χ1v) is 17.5. The van der Waals surface area contributed by atoms with Crippen molar-refractivity contribution in [2.24, 2.45) is 0 Å². The van der Waals surface area contributed by atoms with E-state index in [1.54, 1.807) is 44.2 Å². The predicted molar refractivity (Wildman–Crippen MR) is 191 cm³/mol. The number of hydrogen-bond donors (Lipinski definition) is 1. The number of aromatic carboxylic acids is 1. The lowest BCUT2D eigenvalue weighted by Gasteiger charge is -2.29. The van der Waals surface area contributed by atoms with E-state index in [0.717, 1.165) is 21.0 Å². The van der Waals surface area contributed by atoms with Crippen LogP contribution >= 0.6 is 0 Å². The fourth-order valence-electron chi connectivity index (χ4n) is 6.07. The number of rotatable bonds is 13. The number of likely N-dealkylation sites (N-methyl/N-ethyl adjacent to an activating group) is 1. The SMILES string of the molecule is Cc1cc(C)c(S(=O)(=O)N(C)CC(=O)N(Cc2ccc(F)cc2)c2ccc(C(=O)O)c(OCc3ccccc3)c2Cc2ccccc2)c(C)c1. The topological polar surface area (TPSA) is 104 Å². The van der Waals surface area contributed by atoms with Crippen LogP contribution in [0.15, 0.2) is 114 Å². The second kappa shape index (κ2) is 15.5. The van der Waals surface area contributed by atoms with Gasteiger partial charge < -0.3 is 14.7 Å². The molecule has 0 unspecified atom stereocenters. The molecule has 0 spiro atoms. The highest BCUT2D eigenvalue weighted by atomic mass is 32.2. The van der Waals surface area contributed by atoms with Gasteiger partial charge in [-0.2, -0.15) is 4.31 Å². The molecule has 50 heavy (non-hydrogen) atoms. The van der Waals surface area contributed by atoms with Gasteiger partial charge in [-0.05, 0) is 72.9 Å². The van der Waals surface area contributed by atoms with E-state index in [-0.39, 0.29) is 35.8 Å². The zero-order valence-corrected chi connectivity index (χ0v) is 29.2. The number of anilines is 1. The maximum absolute atomic E-state index is 14.4. The van der Waals surface area contributed by atoms with Crippen molar-refractivity contribution < 1.29 is 32.2 Å². The molecule has 0 aromatic heterocycles. The Hall–Kier alpha value is -5.32. The van der Waals surface area contributed by atoms with Crippen LogP contribution in [0.5, 0.6) is 5.75 Å². The summed E-state index contributed by atoms with van der Waals surface area (Å²) in [6, 6.07) is 30.8. The van der Waals surface area contributed by atoms with Gasteiger partial charge in [-0.3, -0.25) is 4.79 Å². The predicted octanol–water partition coefficient (Wildman–Crippen LogP) is 7.47. The summed E-state index contributed by atoms with van der Waals surface area (Å²) in [6.45, 7) is 4.82. The zero-order chi connectivity index (χ0) is 36.0. The van der Waals surface area contributed by atoms with E-state index < -0.39 is 34.3 Å². The van der Waals surface area contributed by atoms with Crippen LogP contribution in [-0.2, 0) is 34.4 Å². The zero-order valence-electron chi connectivity index (χ0n) is 28.4. The minimum absolute atomic E-state index is 0.0536. The summed E-state index contributed by atoms with van der Waals surface area (Å²) in [5.41, 5.74) is 4.96. The first-order valence-electron chi connectivity index (χ1n) is 16.0. The molecule has 0 fully saturated rings. The maximum Gasteiger partial charge on any atom is 0.339 e. The molecule has 258 valence electrons. The lowest BCUT2D eigenvalue weighted by molar-refractivity contribution is -0.118. The van der Waals surface area contributed by atoms with Crippen molar-refractivity contribution in [1.82, 2.24) is 4.31 Å². The lowest BCUT2D eigenvalue weighted by atomic mass is 9.97. The van der Waals surface area contributed by atoms with E-state index in [1.165, 1.54) is 30.1 Å². The summed E-state index contributed by atoms with van der Waals surface area (Å²) >= 11 is 0. The van der Waals surface area contributed by atoms with Gasteiger partial charge in [0.25, 0.3) is 0 Å². The van der Waals surface area contributed by atoms with Crippen LogP contribution in [0.1, 0.15) is 49.3 Å². The van der Waals surface area contributed by atoms with Gasteiger partial charge in [-0.1, -0.05) is 90.5 Å². The van der Waals surface area contributed by atoms with Gasteiger partial charge in [0.05, 0.1) is 23.7 Å². The highest BCUT2D eigenvalue weighted by molar-refractivity contribution is 7.89. The second-order valence-electron chi connectivity index (χ2n) is 12.3. The number of carboxylic acid groups (broad SMARTS) is 1. The van der Waals surface area contributed by atoms with E-state index in [9.17, 15) is 27.5 Å². The summed E-state index contributed by atoms with van der Waals surface area (Å²) in [4.78, 5) is 28.5. The summed E-state index contributed by atoms with van der Waals surface area (Å²) in [6.07, 6.45) is 0.199. The van der Waals surface area contributed by atoms with Crippen LogP contribution in [0.2, 0.25) is 0 Å². The highest BCUT2D eigenvalue weighted by Gasteiger charge is 2.31. The number of carbonyl (C=O) groups is 2. The maximum atomic E-state index is 14.4. The van der Waals surface area contributed by atoms with Gasteiger partial charge >= 0.3 is 5.97 Å². The largest absolute Gasteiger partial charge is 0.488 e. The van der Waals surface area contributed by atoms with Gasteiger partial charge in [0, 0.05) is 19.0 Å². The third kappa shape index (κ3) is 8.27. The molecule has 1 N–H and O–H groups in total. The first kappa shape index (κ1) is 36.0. The van der Waals surface area contributed by atoms with Crippen LogP contribution in [0.25, 0.3) is 0 Å². The number of benzene rings is 5. The van der Waals surface area contributed by atoms with Crippen LogP contribution < -0.4 is 9.64 Å². The van der Waals surface area contributed by atoms with Crippen LogP contribution in [0, 0.1) is 26.6 Å². The number of hydrogen-bond acceptors (Lipinski definition) is 5. The molecule has 1 amide bonds. The number of ether oxygens (including phenoxy) is 1. The monoisotopic (exact) mass is 694 g/mol. The summed E-state index contributed by atoms with van der Waals surface area (Å²) in [5, 5.41) is 10.3. The Morgan fingerprint density at radius 1 is 0.780 bits per heavy atom. The molecule has 0 aliphatic rings. The van der Waals surface area contributed by atoms with E-state index in [1.807, 2.05) is 67.6 Å². The number of halogens is 1. The Kier molecular flexibility index (Phi) is 11.1. The Balaban J connectivity index is 1.63. The summed E-state index contributed by atoms with van der Waals surface area (Å²) in [7, 11) is -2.74. The summed E-state index contributed by atoms with van der Waals surface area (Å²) < 4.78 is 49.0. The van der Waals surface area contributed by atoms with Crippen molar-refractivity contribution >= 4 is 27.6 Å². The van der Waals surface area contributed by atoms with Crippen molar-refractivity contribution in [2.45, 2.75) is 45.2 Å². The van der Waals surface area contributed by atoms with Gasteiger partial charge in [0.2, 0.25) is 15.9 Å². The molecule has 0 aliphatic heterocycles. The Morgan fingerprint density at radius 3 is 1.94 bits per heavy atom. The minimum Gasteiger partial charge on any atom is -0.488 e. The molecule has 8 nitrogen and oxygen atoms in total. The second-order valence-corrected chi connectivity index (χ2v) is 14.3. The van der Waals surface area contributed by atoms with Crippen LogP contribution in [-0.4, -0.2) is 43.3 Å². The molecule has 0 saturated carbocycles. The Labute approximate surface area is 292 Å². The highest BCUT2D eigenvalue weighted by Crippen LogP contribution is 2.37. The molecular formula is C40H39FN2O6S. The van der Waals surface area contributed by atoms with Gasteiger partial charge in [-0.25, -0.2) is 17.6 Å². The van der Waals surface area contributed by atoms with Crippen molar-refractivity contribution in [3.63, 3.8) is 0 Å². The van der Waals surface area contributed by atoms with Crippen molar-refractivity contribution in [3.05, 3.63) is 160 Å². The first-order chi connectivity index (χ1) is 23.8. The van der Waals surface area contributed by atoms with E-state index >= 15 is 0 Å². The Morgan fingerprint density at radius 2 is 1.36 bits per heavy atom. The molecule has 0 heterocycles. The number of nitrogens with zero attached hydrogens (tertiary/aromatic N) is 2. The summed E-state index contributed by atoms with van der Waals surface area (Å²) in [5.74, 6) is -2.14. The molecular weight excluding hydrogens is 656 g/mol. The molecule has 0 aliphatic carbocycles. The molecule has 0 saturated heterocycles. The molecule has 10 heteroatoms. The third-order valence-electron chi connectivity index (χ3n) is 8.39. The average molecular weight is 695 g/mol. The Bertz CT molecular complexity index is 2080. The molecule has 5 aromatic carbocycles. The normalized spacial score (nSPS) is 11.4. The molecule has 5 aromatic rings. The number of carboxylic acids is 1. The van der Waals surface area contributed by atoms with Crippen LogP contribution in [0.3, 0.4) is 0 Å².